The molecule has 0 aromatic heterocycles. The Morgan fingerprint density at radius 1 is 1.50 bits per heavy atom. The summed E-state index contributed by atoms with van der Waals surface area (Å²) in [6.45, 7) is 3.10. The zero-order chi connectivity index (χ0) is 12.1. The van der Waals surface area contributed by atoms with E-state index in [1.165, 1.54) is 6.92 Å². The number of nitroso groups, excluding NO2 is 2. The third kappa shape index (κ3) is 3.06. The summed E-state index contributed by atoms with van der Waals surface area (Å²) in [4.78, 5) is 31.8. The summed E-state index contributed by atoms with van der Waals surface area (Å²) in [5.74, 6) is -0.235. The summed E-state index contributed by atoms with van der Waals surface area (Å²) >= 11 is 0. The lowest BCUT2D eigenvalue weighted by Crippen LogP contribution is -2.55. The molecule has 1 heterocycles. The third-order valence-corrected chi connectivity index (χ3v) is 2.62. The number of ether oxygens (including phenoxy) is 1. The lowest BCUT2D eigenvalue weighted by Gasteiger charge is -2.36. The summed E-state index contributed by atoms with van der Waals surface area (Å²) in [5, 5.41) is 8.35. The monoisotopic (exact) mass is 229 g/mol. The molecule has 0 aromatic rings. The molecule has 1 N–H and O–H groups in total. The number of carbonyl (C=O) groups is 1. The van der Waals surface area contributed by atoms with E-state index in [-0.39, 0.29) is 24.7 Å². The Balaban J connectivity index is 2.68. The van der Waals surface area contributed by atoms with Crippen LogP contribution < -0.4 is 5.32 Å². The van der Waals surface area contributed by atoms with Gasteiger partial charge < -0.3 is 10.1 Å². The molecule has 7 heteroatoms. The van der Waals surface area contributed by atoms with E-state index in [9.17, 15) is 14.6 Å². The maximum absolute atomic E-state index is 10.9. The topological polar surface area (TPSA) is 97.2 Å². The van der Waals surface area contributed by atoms with Gasteiger partial charge in [-0.2, -0.15) is 9.81 Å². The molecular formula is C9H15N3O4. The largest absolute Gasteiger partial charge is 0.371 e. The smallest absolute Gasteiger partial charge is 0.217 e. The van der Waals surface area contributed by atoms with Gasteiger partial charge in [0, 0.05) is 13.3 Å². The van der Waals surface area contributed by atoms with Gasteiger partial charge in [0.05, 0.1) is 18.2 Å². The molecule has 4 atom stereocenters. The Morgan fingerprint density at radius 2 is 2.19 bits per heavy atom. The first-order chi connectivity index (χ1) is 7.58. The minimum atomic E-state index is -0.570. The molecule has 0 aromatic carbocycles. The van der Waals surface area contributed by atoms with Crippen LogP contribution in [0.2, 0.25) is 0 Å². The van der Waals surface area contributed by atoms with Crippen LogP contribution in [0.1, 0.15) is 20.3 Å². The molecule has 0 radical (unpaired) electrons. The maximum atomic E-state index is 10.9. The fourth-order valence-corrected chi connectivity index (χ4v) is 1.93. The SMILES string of the molecule is CC(=O)N[C@H]1C(C)O[C@H](CN=O)C[C@@H]1N=O. The quantitative estimate of drug-likeness (QED) is 0.712. The predicted octanol–water partition coefficient (Wildman–Crippen LogP) is 0.570. The van der Waals surface area contributed by atoms with Crippen LogP contribution in [0.25, 0.3) is 0 Å². The van der Waals surface area contributed by atoms with Crippen molar-refractivity contribution in [2.24, 2.45) is 10.4 Å². The van der Waals surface area contributed by atoms with Crippen LogP contribution in [0.15, 0.2) is 10.4 Å². The highest BCUT2D eigenvalue weighted by Crippen LogP contribution is 2.22. The number of nitrogens with one attached hydrogen (secondary N) is 1. The van der Waals surface area contributed by atoms with Crippen molar-refractivity contribution in [1.82, 2.24) is 5.32 Å². The second-order valence-corrected chi connectivity index (χ2v) is 3.91. The standard InChI is InChI=1S/C9H15N3O4/c1-5-9(11-6(2)13)8(12-15)3-7(16-5)4-10-14/h5,7-9H,3-4H2,1-2H3,(H,11,13)/t5?,7-,8-,9-/m0/s1. The summed E-state index contributed by atoms with van der Waals surface area (Å²) in [6, 6.07) is -1.00. The molecule has 1 unspecified atom stereocenters. The molecule has 0 bridgehead atoms. The minimum Gasteiger partial charge on any atom is -0.371 e. The molecule has 1 aliphatic heterocycles. The lowest BCUT2D eigenvalue weighted by atomic mass is 9.94. The number of hydrogen-bond donors (Lipinski definition) is 1. The minimum absolute atomic E-state index is 0.00313. The Morgan fingerprint density at radius 3 is 2.69 bits per heavy atom. The molecule has 1 fully saturated rings. The average Bonchev–Trinajstić information content (AvgIpc) is 2.21. The van der Waals surface area contributed by atoms with Gasteiger partial charge in [-0.1, -0.05) is 10.4 Å². The summed E-state index contributed by atoms with van der Waals surface area (Å²) in [6.07, 6.45) is -0.433. The van der Waals surface area contributed by atoms with E-state index in [4.69, 9.17) is 4.74 Å². The number of hydrogen-bond acceptors (Lipinski definition) is 6. The summed E-state index contributed by atoms with van der Waals surface area (Å²) in [5.41, 5.74) is 0. The molecule has 7 nitrogen and oxygen atoms in total. The van der Waals surface area contributed by atoms with Crippen molar-refractivity contribution in [3.63, 3.8) is 0 Å². The maximum Gasteiger partial charge on any atom is 0.217 e. The van der Waals surface area contributed by atoms with E-state index in [1.54, 1.807) is 6.92 Å². The van der Waals surface area contributed by atoms with Crippen molar-refractivity contribution in [3.05, 3.63) is 9.81 Å². The first kappa shape index (κ1) is 12.7. The summed E-state index contributed by atoms with van der Waals surface area (Å²) < 4.78 is 5.46. The molecule has 90 valence electrons. The third-order valence-electron chi connectivity index (χ3n) is 2.62. The van der Waals surface area contributed by atoms with Crippen LogP contribution in [0.4, 0.5) is 0 Å². The van der Waals surface area contributed by atoms with E-state index >= 15 is 0 Å². The van der Waals surface area contributed by atoms with E-state index < -0.39 is 12.1 Å². The van der Waals surface area contributed by atoms with Crippen molar-refractivity contribution in [1.29, 1.82) is 0 Å². The fraction of sp³-hybridized carbons (Fsp3) is 0.889. The van der Waals surface area contributed by atoms with Crippen molar-refractivity contribution < 1.29 is 9.53 Å². The first-order valence-electron chi connectivity index (χ1n) is 5.12. The Labute approximate surface area is 92.9 Å². The Kier molecular flexibility index (Phi) is 4.48. The lowest BCUT2D eigenvalue weighted by molar-refractivity contribution is -0.123. The van der Waals surface area contributed by atoms with Gasteiger partial charge in [-0.05, 0) is 6.92 Å². The van der Waals surface area contributed by atoms with Crippen LogP contribution in [0.5, 0.6) is 0 Å². The molecule has 16 heavy (non-hydrogen) atoms. The number of nitrogens with zero attached hydrogens (tertiary/aromatic N) is 2. The van der Waals surface area contributed by atoms with Gasteiger partial charge in [-0.15, -0.1) is 0 Å². The fourth-order valence-electron chi connectivity index (χ4n) is 1.93. The van der Waals surface area contributed by atoms with Gasteiger partial charge in [0.1, 0.15) is 12.6 Å². The summed E-state index contributed by atoms with van der Waals surface area (Å²) in [7, 11) is 0. The van der Waals surface area contributed by atoms with Gasteiger partial charge >= 0.3 is 0 Å². The average molecular weight is 229 g/mol. The highest BCUT2D eigenvalue weighted by molar-refractivity contribution is 5.73. The molecular weight excluding hydrogens is 214 g/mol. The second kappa shape index (κ2) is 5.64. The number of carbonyl (C=O) groups excluding carboxylic acids is 1. The molecule has 1 rings (SSSR count). The normalized spacial score (nSPS) is 34.1. The van der Waals surface area contributed by atoms with Crippen LogP contribution in [0.3, 0.4) is 0 Å². The van der Waals surface area contributed by atoms with Gasteiger partial charge in [0.15, 0.2) is 0 Å². The van der Waals surface area contributed by atoms with E-state index in [0.717, 1.165) is 0 Å². The van der Waals surface area contributed by atoms with Crippen LogP contribution in [0, 0.1) is 9.81 Å². The first-order valence-corrected chi connectivity index (χ1v) is 5.12. The van der Waals surface area contributed by atoms with E-state index in [2.05, 4.69) is 15.7 Å². The molecule has 1 amide bonds. The highest BCUT2D eigenvalue weighted by atomic mass is 16.5. The van der Waals surface area contributed by atoms with Crippen LogP contribution in [-0.2, 0) is 9.53 Å². The van der Waals surface area contributed by atoms with Crippen molar-refractivity contribution in [3.8, 4) is 0 Å². The molecule has 0 aliphatic carbocycles. The predicted molar refractivity (Wildman–Crippen MR) is 56.8 cm³/mol. The molecule has 1 aliphatic rings. The number of rotatable bonds is 4. The van der Waals surface area contributed by atoms with Gasteiger partial charge in [-0.3, -0.25) is 4.79 Å². The van der Waals surface area contributed by atoms with Crippen molar-refractivity contribution in [2.75, 3.05) is 6.54 Å². The van der Waals surface area contributed by atoms with Gasteiger partial charge in [0.2, 0.25) is 5.91 Å². The van der Waals surface area contributed by atoms with E-state index in [0.29, 0.717) is 6.42 Å². The van der Waals surface area contributed by atoms with Gasteiger partial charge in [-0.25, -0.2) is 0 Å². The van der Waals surface area contributed by atoms with Crippen LogP contribution in [-0.4, -0.2) is 36.7 Å². The van der Waals surface area contributed by atoms with Crippen molar-refractivity contribution in [2.45, 2.75) is 44.6 Å². The highest BCUT2D eigenvalue weighted by Gasteiger charge is 2.38. The molecule has 1 saturated heterocycles. The van der Waals surface area contributed by atoms with Crippen LogP contribution >= 0.6 is 0 Å². The zero-order valence-corrected chi connectivity index (χ0v) is 9.25. The second-order valence-electron chi connectivity index (χ2n) is 3.91. The Bertz CT molecular complexity index is 284. The Hall–Kier alpha value is -1.37. The van der Waals surface area contributed by atoms with Crippen molar-refractivity contribution >= 4 is 5.91 Å². The number of amides is 1. The van der Waals surface area contributed by atoms with E-state index in [1.807, 2.05) is 0 Å². The zero-order valence-electron chi connectivity index (χ0n) is 9.25. The van der Waals surface area contributed by atoms with Gasteiger partial charge in [0.25, 0.3) is 0 Å². The molecule has 0 saturated carbocycles. The molecule has 0 spiro atoms.